The zero-order valence-electron chi connectivity index (χ0n) is 32.8. The van der Waals surface area contributed by atoms with E-state index in [1.165, 1.54) is 31.4 Å². The van der Waals surface area contributed by atoms with Crippen LogP contribution >= 0.6 is 0 Å². The van der Waals surface area contributed by atoms with E-state index < -0.39 is 17.2 Å². The average molecular weight is 785 g/mol. The summed E-state index contributed by atoms with van der Waals surface area (Å²) in [6, 6.07) is 5.66. The number of hydrogen-bond donors (Lipinski definition) is 2. The second-order valence-corrected chi connectivity index (χ2v) is 16.6. The minimum atomic E-state index is -1.26. The molecule has 4 aliphatic rings. The topological polar surface area (TPSA) is 134 Å². The number of likely N-dealkylation sites (tertiary alicyclic amines) is 2. The Morgan fingerprint density at radius 3 is 2.61 bits per heavy atom. The SMILES string of the molecule is C#Cc1c(F)ccc2cc(O)cc(-c3nc(OC)c4c(N5CCOC[C@@](C)(O)C5)nc(OC[C@]56CCC[C@H]5N(CC5CCN(C(C)=O)CC5)CCC6)nc4c3F)c12. The third-order valence-corrected chi connectivity index (χ3v) is 12.6. The van der Waals surface area contributed by atoms with Gasteiger partial charge < -0.3 is 34.2 Å². The molecule has 57 heavy (non-hydrogen) atoms. The molecule has 5 heterocycles. The first-order chi connectivity index (χ1) is 27.4. The molecule has 0 unspecified atom stereocenters. The summed E-state index contributed by atoms with van der Waals surface area (Å²) in [6.07, 6.45) is 12.9. The van der Waals surface area contributed by atoms with Crippen LogP contribution in [0.2, 0.25) is 0 Å². The minimum Gasteiger partial charge on any atom is -0.508 e. The standard InChI is InChI=1S/C43H50F2N6O6/c1-5-30-32(44)10-9-28-20-29(53)21-31(34(28)30)37-36(45)38-35(40(46-37)55-4)39(51-18-19-56-24-42(3,54)23-51)48-41(47-38)57-25-43-13-6-8-33(43)50(15-7-14-43)22-27-11-16-49(17-12-27)26(2)52/h1,9-10,20-21,27,33,53-54H,6-8,11-19,22-25H2,2-4H3/t33-,42+,43-/m1/s1. The number of rotatable bonds is 8. The second-order valence-electron chi connectivity index (χ2n) is 16.6. The van der Waals surface area contributed by atoms with E-state index in [0.29, 0.717) is 30.5 Å². The molecule has 1 amide bonds. The molecule has 8 rings (SSSR count). The van der Waals surface area contributed by atoms with Crippen molar-refractivity contribution in [2.24, 2.45) is 11.3 Å². The van der Waals surface area contributed by atoms with Crippen LogP contribution in [-0.4, -0.2) is 119 Å². The molecule has 1 saturated carbocycles. The first kappa shape index (κ1) is 39.0. The number of aromatic hydroxyl groups is 1. The van der Waals surface area contributed by atoms with Crippen molar-refractivity contribution in [3.63, 3.8) is 0 Å². The number of methoxy groups -OCH3 is 1. The zero-order chi connectivity index (χ0) is 40.1. The van der Waals surface area contributed by atoms with Crippen molar-refractivity contribution in [2.45, 2.75) is 70.4 Å². The number of hydrogen-bond acceptors (Lipinski definition) is 11. The first-order valence-corrected chi connectivity index (χ1v) is 19.9. The number of carbonyl (C=O) groups is 1. The molecule has 3 atom stereocenters. The summed E-state index contributed by atoms with van der Waals surface area (Å²) in [5.74, 6) is 1.55. The van der Waals surface area contributed by atoms with Crippen molar-refractivity contribution in [1.29, 1.82) is 0 Å². The van der Waals surface area contributed by atoms with Crippen molar-refractivity contribution in [3.8, 4) is 41.2 Å². The highest BCUT2D eigenvalue weighted by atomic mass is 19.1. The van der Waals surface area contributed by atoms with E-state index in [2.05, 4.69) is 15.8 Å². The van der Waals surface area contributed by atoms with E-state index in [-0.39, 0.29) is 87.6 Å². The van der Waals surface area contributed by atoms with Gasteiger partial charge in [-0.05, 0) is 81.5 Å². The van der Waals surface area contributed by atoms with Gasteiger partial charge in [0.05, 0.1) is 39.0 Å². The van der Waals surface area contributed by atoms with Gasteiger partial charge in [0.25, 0.3) is 0 Å². The third-order valence-electron chi connectivity index (χ3n) is 12.6. The molecule has 0 bridgehead atoms. The summed E-state index contributed by atoms with van der Waals surface area (Å²) >= 11 is 0. The Kier molecular flexibility index (Phi) is 10.6. The number of ether oxygens (including phenoxy) is 3. The van der Waals surface area contributed by atoms with E-state index in [4.69, 9.17) is 30.6 Å². The smallest absolute Gasteiger partial charge is 0.319 e. The summed E-state index contributed by atoms with van der Waals surface area (Å²) in [4.78, 5) is 32.5. The van der Waals surface area contributed by atoms with E-state index in [9.17, 15) is 15.0 Å². The molecule has 3 aliphatic heterocycles. The molecule has 1 aliphatic carbocycles. The van der Waals surface area contributed by atoms with Crippen molar-refractivity contribution in [1.82, 2.24) is 24.8 Å². The number of anilines is 1. The van der Waals surface area contributed by atoms with Crippen LogP contribution in [0.3, 0.4) is 0 Å². The van der Waals surface area contributed by atoms with Gasteiger partial charge in [0, 0.05) is 55.5 Å². The number of carbonyl (C=O) groups excluding carboxylic acids is 1. The Balaban J connectivity index is 1.20. The number of aliphatic hydroxyl groups is 1. The van der Waals surface area contributed by atoms with Crippen molar-refractivity contribution >= 4 is 33.4 Å². The van der Waals surface area contributed by atoms with Gasteiger partial charge in [-0.15, -0.1) is 6.42 Å². The molecule has 2 N–H and O–H groups in total. The first-order valence-electron chi connectivity index (χ1n) is 19.9. The van der Waals surface area contributed by atoms with Crippen LogP contribution in [0.1, 0.15) is 64.4 Å². The molecular formula is C43H50F2N6O6. The lowest BCUT2D eigenvalue weighted by molar-refractivity contribution is -0.130. The van der Waals surface area contributed by atoms with Gasteiger partial charge in [0.15, 0.2) is 5.82 Å². The maximum Gasteiger partial charge on any atom is 0.319 e. The molecule has 302 valence electrons. The Hall–Kier alpha value is -4.84. The number of benzene rings is 2. The number of phenols is 1. The highest BCUT2D eigenvalue weighted by molar-refractivity contribution is 6.04. The largest absolute Gasteiger partial charge is 0.508 e. The average Bonchev–Trinajstić information content (AvgIpc) is 3.55. The number of terminal acetylenes is 1. The summed E-state index contributed by atoms with van der Waals surface area (Å²) in [5.41, 5.74) is -1.85. The highest BCUT2D eigenvalue weighted by Crippen LogP contribution is 2.49. The van der Waals surface area contributed by atoms with Crippen molar-refractivity contribution < 1.29 is 38.0 Å². The van der Waals surface area contributed by atoms with Crippen LogP contribution in [0.25, 0.3) is 32.9 Å². The Morgan fingerprint density at radius 1 is 1.07 bits per heavy atom. The molecule has 0 spiro atoms. The highest BCUT2D eigenvalue weighted by Gasteiger charge is 2.49. The summed E-state index contributed by atoms with van der Waals surface area (Å²) < 4.78 is 50.6. The quantitative estimate of drug-likeness (QED) is 0.214. The molecule has 3 saturated heterocycles. The predicted molar refractivity (Wildman–Crippen MR) is 211 cm³/mol. The lowest BCUT2D eigenvalue weighted by Gasteiger charge is -2.47. The Bertz CT molecular complexity index is 2240. The molecule has 2 aromatic heterocycles. The van der Waals surface area contributed by atoms with E-state index in [0.717, 1.165) is 71.1 Å². The van der Waals surface area contributed by atoms with Gasteiger partial charge in [0.2, 0.25) is 11.8 Å². The fraction of sp³-hybridized carbons (Fsp3) is 0.535. The number of pyridine rings is 1. The molecule has 4 aromatic rings. The fourth-order valence-electron chi connectivity index (χ4n) is 9.86. The fourth-order valence-corrected chi connectivity index (χ4v) is 9.86. The zero-order valence-corrected chi connectivity index (χ0v) is 32.8. The third kappa shape index (κ3) is 7.41. The number of β-amino-alcohol motifs (C(OH)–C–C–N with tert-alkyl or cyclic N) is 1. The summed E-state index contributed by atoms with van der Waals surface area (Å²) in [5, 5.41) is 22.7. The number of fused-ring (bicyclic) bond motifs is 3. The van der Waals surface area contributed by atoms with E-state index in [1.54, 1.807) is 18.7 Å². The Morgan fingerprint density at radius 2 is 1.86 bits per heavy atom. The summed E-state index contributed by atoms with van der Waals surface area (Å²) in [7, 11) is 1.40. The van der Waals surface area contributed by atoms with Gasteiger partial charge in [-0.3, -0.25) is 9.69 Å². The summed E-state index contributed by atoms with van der Waals surface area (Å²) in [6.45, 7) is 8.05. The predicted octanol–water partition coefficient (Wildman–Crippen LogP) is 5.68. The van der Waals surface area contributed by atoms with Crippen LogP contribution in [0.5, 0.6) is 17.6 Å². The molecular weight excluding hydrogens is 735 g/mol. The number of amides is 1. The van der Waals surface area contributed by atoms with E-state index in [1.807, 2.05) is 4.90 Å². The molecule has 2 aromatic carbocycles. The van der Waals surface area contributed by atoms with Crippen LogP contribution in [0.4, 0.5) is 14.6 Å². The van der Waals surface area contributed by atoms with Gasteiger partial charge >= 0.3 is 6.01 Å². The Labute approximate surface area is 331 Å². The number of piperidine rings is 2. The van der Waals surface area contributed by atoms with Crippen molar-refractivity contribution in [2.75, 3.05) is 71.1 Å². The van der Waals surface area contributed by atoms with Gasteiger partial charge in [-0.2, -0.15) is 9.97 Å². The normalized spacial score (nSPS) is 24.7. The van der Waals surface area contributed by atoms with Gasteiger partial charge in [-0.25, -0.2) is 13.8 Å². The van der Waals surface area contributed by atoms with Gasteiger partial charge in [0.1, 0.15) is 39.6 Å². The monoisotopic (exact) mass is 784 g/mol. The number of nitrogens with zero attached hydrogens (tertiary/aromatic N) is 6. The lowest BCUT2D eigenvalue weighted by atomic mass is 9.75. The van der Waals surface area contributed by atoms with Crippen LogP contribution in [0, 0.1) is 35.3 Å². The molecule has 0 radical (unpaired) electrons. The number of phenolic OH excluding ortho intramolecular Hbond substituents is 1. The van der Waals surface area contributed by atoms with Crippen LogP contribution in [-0.2, 0) is 9.53 Å². The molecule has 12 nitrogen and oxygen atoms in total. The number of halogens is 2. The lowest BCUT2D eigenvalue weighted by Crippen LogP contribution is -2.53. The minimum absolute atomic E-state index is 0.0191. The maximum atomic E-state index is 17.4. The molecule has 4 fully saturated rings. The van der Waals surface area contributed by atoms with Crippen molar-refractivity contribution in [3.05, 3.63) is 41.5 Å². The van der Waals surface area contributed by atoms with Gasteiger partial charge in [-0.1, -0.05) is 18.4 Å². The van der Waals surface area contributed by atoms with Crippen LogP contribution in [0.15, 0.2) is 24.3 Å². The second kappa shape index (κ2) is 15.5. The van der Waals surface area contributed by atoms with Crippen LogP contribution < -0.4 is 14.4 Å². The number of aromatic nitrogens is 3. The molecule has 14 heteroatoms. The maximum absolute atomic E-state index is 17.4. The van der Waals surface area contributed by atoms with E-state index >= 15 is 8.78 Å².